The van der Waals surface area contributed by atoms with E-state index in [4.69, 9.17) is 0 Å². The number of nitro benzene ring substituents is 2. The van der Waals surface area contributed by atoms with E-state index in [-0.39, 0.29) is 17.2 Å². The highest BCUT2D eigenvalue weighted by atomic mass is 16.6. The number of allylic oxidation sites excluding steroid dienone is 1. The van der Waals surface area contributed by atoms with Crippen LogP contribution < -0.4 is 4.90 Å². The lowest BCUT2D eigenvalue weighted by Crippen LogP contribution is -2.62. The second-order valence-corrected chi connectivity index (χ2v) is 6.73. The molecule has 11 heteroatoms. The lowest BCUT2D eigenvalue weighted by Gasteiger charge is -2.40. The first kappa shape index (κ1) is 16.1. The maximum Gasteiger partial charge on any atom is 0.312 e. The van der Waals surface area contributed by atoms with Crippen LogP contribution in [-0.2, 0) is 4.79 Å². The normalized spacial score (nSPS) is 30.9. The van der Waals surface area contributed by atoms with Gasteiger partial charge in [0.1, 0.15) is 5.69 Å². The summed E-state index contributed by atoms with van der Waals surface area (Å²) in [6.07, 6.45) is 3.75. The molecule has 134 valence electrons. The van der Waals surface area contributed by atoms with Gasteiger partial charge in [0.2, 0.25) is 0 Å². The summed E-state index contributed by atoms with van der Waals surface area (Å²) in [5, 5.41) is 34.7. The first-order chi connectivity index (χ1) is 12.2. The van der Waals surface area contributed by atoms with Crippen molar-refractivity contribution in [3.8, 4) is 0 Å². The highest BCUT2D eigenvalue weighted by molar-refractivity contribution is 6.06. The minimum absolute atomic E-state index is 0.103. The molecular weight excluding hydrogens is 348 g/mol. The molecule has 0 spiro atoms. The number of anilines is 1. The van der Waals surface area contributed by atoms with Crippen LogP contribution in [0.25, 0.3) is 0 Å². The zero-order chi connectivity index (χ0) is 19.0. The van der Waals surface area contributed by atoms with Gasteiger partial charge >= 0.3 is 11.4 Å². The number of carbonyl (C=O) groups is 1. The Morgan fingerprint density at radius 1 is 1.12 bits per heavy atom. The van der Waals surface area contributed by atoms with Gasteiger partial charge in [-0.1, -0.05) is 12.2 Å². The summed E-state index contributed by atoms with van der Waals surface area (Å²) < 4.78 is 0. The molecule has 0 radical (unpaired) electrons. The fraction of sp³-hybridized carbons (Fsp3) is 0.400. The summed E-state index contributed by atoms with van der Waals surface area (Å²) >= 11 is 0. The van der Waals surface area contributed by atoms with Gasteiger partial charge in [-0.2, -0.15) is 0 Å². The van der Waals surface area contributed by atoms with Gasteiger partial charge in [-0.25, -0.2) is 0 Å². The highest BCUT2D eigenvalue weighted by Crippen LogP contribution is 2.62. The zero-order valence-corrected chi connectivity index (χ0v) is 13.4. The van der Waals surface area contributed by atoms with Crippen LogP contribution in [0.3, 0.4) is 0 Å². The number of hydrogen-bond acceptors (Lipinski definition) is 7. The van der Waals surface area contributed by atoms with Gasteiger partial charge in [-0.15, -0.1) is 0 Å². The predicted octanol–water partition coefficient (Wildman–Crippen LogP) is 1.78. The smallest absolute Gasteiger partial charge is 0.303 e. The number of amides is 1. The van der Waals surface area contributed by atoms with E-state index in [1.807, 2.05) is 0 Å². The maximum absolute atomic E-state index is 13.0. The number of nitro groups is 3. The molecule has 4 rings (SSSR count). The molecular formula is C15H12N4O7. The van der Waals surface area contributed by atoms with Crippen LogP contribution in [0.1, 0.15) is 17.9 Å². The summed E-state index contributed by atoms with van der Waals surface area (Å²) in [7, 11) is 1.23. The van der Waals surface area contributed by atoms with E-state index < -0.39 is 49.4 Å². The maximum atomic E-state index is 13.0. The summed E-state index contributed by atoms with van der Waals surface area (Å²) in [4.78, 5) is 46.4. The molecule has 1 amide bonds. The molecule has 1 aromatic carbocycles. The van der Waals surface area contributed by atoms with Crippen molar-refractivity contribution in [1.82, 2.24) is 0 Å². The van der Waals surface area contributed by atoms with E-state index in [2.05, 4.69) is 0 Å². The Kier molecular flexibility index (Phi) is 3.00. The van der Waals surface area contributed by atoms with Crippen molar-refractivity contribution in [2.45, 2.75) is 17.9 Å². The standard InChI is InChI=1S/C15H12N4O7/c1-16-13-10(5-9(17(21)22)6-11(13)18(23)24)12-7-2-3-8(4-7)15(12,14(16)20)19(25)26/h2-3,5-8,12H,4H2,1H3/t7-,8+,12?,15?/m1/s1. The lowest BCUT2D eigenvalue weighted by atomic mass is 9.68. The van der Waals surface area contributed by atoms with E-state index in [1.54, 1.807) is 12.2 Å². The predicted molar refractivity (Wildman–Crippen MR) is 86.4 cm³/mol. The molecule has 1 aliphatic heterocycles. The zero-order valence-electron chi connectivity index (χ0n) is 13.4. The van der Waals surface area contributed by atoms with E-state index in [0.29, 0.717) is 6.42 Å². The number of likely N-dealkylation sites (N-methyl/N-ethyl adjacent to an activating group) is 1. The average molecular weight is 360 g/mol. The fourth-order valence-electron chi connectivity index (χ4n) is 4.79. The Balaban J connectivity index is 2.09. The number of rotatable bonds is 3. The van der Waals surface area contributed by atoms with Crippen molar-refractivity contribution in [3.63, 3.8) is 0 Å². The summed E-state index contributed by atoms with van der Waals surface area (Å²) in [6, 6.07) is 1.91. The quantitative estimate of drug-likeness (QED) is 0.453. The minimum Gasteiger partial charge on any atom is -0.303 e. The Labute approximate surface area is 145 Å². The number of non-ortho nitro benzene ring substituents is 1. The molecule has 2 unspecified atom stereocenters. The van der Waals surface area contributed by atoms with E-state index in [0.717, 1.165) is 17.0 Å². The monoisotopic (exact) mass is 360 g/mol. The lowest BCUT2D eigenvalue weighted by molar-refractivity contribution is -0.561. The van der Waals surface area contributed by atoms with Gasteiger partial charge in [-0.3, -0.25) is 35.1 Å². The van der Waals surface area contributed by atoms with Crippen LogP contribution in [0.5, 0.6) is 0 Å². The molecule has 2 bridgehead atoms. The summed E-state index contributed by atoms with van der Waals surface area (Å²) in [5.41, 5.74) is -3.10. The van der Waals surface area contributed by atoms with E-state index >= 15 is 0 Å². The van der Waals surface area contributed by atoms with Crippen molar-refractivity contribution in [2.24, 2.45) is 11.8 Å². The van der Waals surface area contributed by atoms with Crippen molar-refractivity contribution in [1.29, 1.82) is 0 Å². The Hall–Kier alpha value is -3.37. The Morgan fingerprint density at radius 3 is 2.38 bits per heavy atom. The van der Waals surface area contributed by atoms with Crippen molar-refractivity contribution in [2.75, 3.05) is 11.9 Å². The largest absolute Gasteiger partial charge is 0.312 e. The third kappa shape index (κ3) is 1.64. The molecule has 2 aliphatic carbocycles. The van der Waals surface area contributed by atoms with Crippen molar-refractivity contribution >= 4 is 23.0 Å². The molecule has 0 N–H and O–H groups in total. The van der Waals surface area contributed by atoms with Crippen molar-refractivity contribution < 1.29 is 19.6 Å². The van der Waals surface area contributed by atoms with Gasteiger partial charge in [-0.05, 0) is 12.3 Å². The molecule has 1 saturated carbocycles. The van der Waals surface area contributed by atoms with Crippen LogP contribution >= 0.6 is 0 Å². The molecule has 26 heavy (non-hydrogen) atoms. The second kappa shape index (κ2) is 4.84. The fourth-order valence-corrected chi connectivity index (χ4v) is 4.79. The van der Waals surface area contributed by atoms with Gasteiger partial charge in [0, 0.05) is 23.6 Å². The van der Waals surface area contributed by atoms with Crippen LogP contribution in [0.15, 0.2) is 24.3 Å². The second-order valence-electron chi connectivity index (χ2n) is 6.73. The third-order valence-corrected chi connectivity index (χ3v) is 5.72. The van der Waals surface area contributed by atoms with Gasteiger partial charge in [0.05, 0.1) is 27.7 Å². The molecule has 11 nitrogen and oxygen atoms in total. The van der Waals surface area contributed by atoms with E-state index in [1.165, 1.54) is 7.05 Å². The first-order valence-electron chi connectivity index (χ1n) is 7.79. The summed E-state index contributed by atoms with van der Waals surface area (Å²) in [6.45, 7) is 0. The Bertz CT molecular complexity index is 942. The topological polar surface area (TPSA) is 150 Å². The molecule has 1 fully saturated rings. The Morgan fingerprint density at radius 2 is 1.81 bits per heavy atom. The van der Waals surface area contributed by atoms with Crippen LogP contribution in [0, 0.1) is 42.2 Å². The van der Waals surface area contributed by atoms with Crippen LogP contribution in [-0.4, -0.2) is 33.3 Å². The van der Waals surface area contributed by atoms with E-state index in [9.17, 15) is 35.1 Å². The number of carbonyl (C=O) groups excluding carboxylic acids is 1. The molecule has 1 heterocycles. The number of benzene rings is 1. The molecule has 0 aromatic heterocycles. The molecule has 0 saturated heterocycles. The van der Waals surface area contributed by atoms with Gasteiger partial charge < -0.3 is 4.90 Å². The minimum atomic E-state index is -1.98. The highest BCUT2D eigenvalue weighted by Gasteiger charge is 2.74. The third-order valence-electron chi connectivity index (χ3n) is 5.72. The average Bonchev–Trinajstić information content (AvgIpc) is 3.18. The van der Waals surface area contributed by atoms with Crippen molar-refractivity contribution in [3.05, 3.63) is 60.2 Å². The number of hydrogen-bond donors (Lipinski definition) is 0. The molecule has 1 aromatic rings. The first-order valence-corrected chi connectivity index (χ1v) is 7.79. The number of fused-ring (bicyclic) bond motifs is 7. The van der Waals surface area contributed by atoms with Gasteiger partial charge in [0.15, 0.2) is 0 Å². The number of nitrogens with zero attached hydrogens (tertiary/aromatic N) is 4. The molecule has 3 aliphatic rings. The van der Waals surface area contributed by atoms with Gasteiger partial charge in [0.25, 0.3) is 11.4 Å². The molecule has 4 atom stereocenters. The van der Waals surface area contributed by atoms with Crippen LogP contribution in [0.4, 0.5) is 17.1 Å². The summed E-state index contributed by atoms with van der Waals surface area (Å²) in [5.74, 6) is -2.81. The SMILES string of the molecule is CN1C(=O)C2([N+](=O)[O-])C(c3cc([N+](=O)[O-])cc([N+](=O)[O-])c31)[C@@H]1C=C[C@H]2C1. The van der Waals surface area contributed by atoms with Crippen LogP contribution in [0.2, 0.25) is 0 Å².